The summed E-state index contributed by atoms with van der Waals surface area (Å²) in [6, 6.07) is 18.0. The molecule has 1 N–H and O–H groups in total. The van der Waals surface area contributed by atoms with Gasteiger partial charge in [0.1, 0.15) is 5.75 Å². The highest BCUT2D eigenvalue weighted by atomic mass is 16.5. The lowest BCUT2D eigenvalue weighted by Crippen LogP contribution is -2.52. The Kier molecular flexibility index (Phi) is 6.40. The van der Waals surface area contributed by atoms with Gasteiger partial charge < -0.3 is 19.5 Å². The molecule has 2 saturated heterocycles. The van der Waals surface area contributed by atoms with Gasteiger partial charge in [-0.3, -0.25) is 4.79 Å². The van der Waals surface area contributed by atoms with Crippen LogP contribution in [0.15, 0.2) is 54.6 Å². The topological polar surface area (TPSA) is 59.0 Å². The first-order chi connectivity index (χ1) is 14.6. The van der Waals surface area contributed by atoms with E-state index in [1.54, 1.807) is 7.11 Å². The van der Waals surface area contributed by atoms with E-state index < -0.39 is 0 Å². The molecule has 0 radical (unpaired) electrons. The Balaban J connectivity index is 1.34. The van der Waals surface area contributed by atoms with Crippen LogP contribution in [-0.4, -0.2) is 47.8 Å². The number of aliphatic hydroxyl groups excluding tert-OH is 1. The molecule has 1 amide bonds. The summed E-state index contributed by atoms with van der Waals surface area (Å²) in [5, 5.41) is 10.5. The van der Waals surface area contributed by atoms with E-state index >= 15 is 0 Å². The predicted octanol–water partition coefficient (Wildman–Crippen LogP) is 3.90. The molecule has 0 bridgehead atoms. The Hall–Kier alpha value is -2.37. The average Bonchev–Trinajstić information content (AvgIpc) is 2.78. The van der Waals surface area contributed by atoms with Gasteiger partial charge in [-0.25, -0.2) is 0 Å². The molecule has 5 heteroatoms. The Labute approximate surface area is 178 Å². The van der Waals surface area contributed by atoms with Crippen LogP contribution in [0, 0.1) is 0 Å². The molecule has 2 aliphatic heterocycles. The minimum atomic E-state index is -0.364. The number of likely N-dealkylation sites (tertiary alicyclic amines) is 1. The van der Waals surface area contributed by atoms with Gasteiger partial charge in [0.15, 0.2) is 0 Å². The summed E-state index contributed by atoms with van der Waals surface area (Å²) in [5.74, 6) is 1.01. The monoisotopic (exact) mass is 409 g/mol. The Bertz CT molecular complexity index is 845. The van der Waals surface area contributed by atoms with Crippen molar-refractivity contribution in [2.24, 2.45) is 0 Å². The number of methoxy groups -OCH3 is 1. The first-order valence-corrected chi connectivity index (χ1v) is 10.9. The molecule has 0 aliphatic carbocycles. The fraction of sp³-hybridized carbons (Fsp3) is 0.480. The van der Waals surface area contributed by atoms with Crippen molar-refractivity contribution >= 4 is 5.91 Å². The van der Waals surface area contributed by atoms with Crippen molar-refractivity contribution in [3.8, 4) is 5.75 Å². The van der Waals surface area contributed by atoms with Gasteiger partial charge >= 0.3 is 0 Å². The summed E-state index contributed by atoms with van der Waals surface area (Å²) in [6.07, 6.45) is 3.54. The van der Waals surface area contributed by atoms with Gasteiger partial charge in [0.2, 0.25) is 5.91 Å². The number of aryl methyl sites for hydroxylation is 1. The molecule has 2 aliphatic rings. The molecular weight excluding hydrogens is 378 g/mol. The summed E-state index contributed by atoms with van der Waals surface area (Å²) in [4.78, 5) is 14.7. The smallest absolute Gasteiger partial charge is 0.222 e. The largest absolute Gasteiger partial charge is 0.496 e. The number of nitrogens with zero attached hydrogens (tertiary/aromatic N) is 1. The van der Waals surface area contributed by atoms with Gasteiger partial charge in [0.05, 0.1) is 24.9 Å². The summed E-state index contributed by atoms with van der Waals surface area (Å²) in [7, 11) is 1.66. The standard InChI is InChI=1S/C25H31NO4/c1-29-22-10-6-5-9-20(22)11-12-24(28)26-15-13-25(14-16-26)18-21(27)17-23(30-25)19-7-3-2-4-8-19/h2-10,21,23,27H,11-18H2,1H3/t21-,23-/m1/s1. The second kappa shape index (κ2) is 9.19. The maximum atomic E-state index is 12.8. The Morgan fingerprint density at radius 3 is 2.57 bits per heavy atom. The fourth-order valence-corrected chi connectivity index (χ4v) is 4.82. The lowest BCUT2D eigenvalue weighted by molar-refractivity contribution is -0.185. The van der Waals surface area contributed by atoms with E-state index in [4.69, 9.17) is 9.47 Å². The highest BCUT2D eigenvalue weighted by Gasteiger charge is 2.44. The van der Waals surface area contributed by atoms with E-state index in [2.05, 4.69) is 12.1 Å². The molecule has 2 aromatic carbocycles. The normalized spacial score (nSPS) is 23.3. The van der Waals surface area contributed by atoms with Crippen molar-refractivity contribution in [1.82, 2.24) is 4.90 Å². The van der Waals surface area contributed by atoms with Crippen LogP contribution < -0.4 is 4.74 Å². The first kappa shape index (κ1) is 20.9. The molecule has 4 rings (SSSR count). The number of amides is 1. The van der Waals surface area contributed by atoms with Crippen molar-refractivity contribution < 1.29 is 19.4 Å². The first-order valence-electron chi connectivity index (χ1n) is 10.9. The molecule has 160 valence electrons. The number of carbonyl (C=O) groups is 1. The number of benzene rings is 2. The van der Waals surface area contributed by atoms with E-state index in [-0.39, 0.29) is 23.7 Å². The molecule has 2 heterocycles. The molecular formula is C25H31NO4. The third-order valence-electron chi connectivity index (χ3n) is 6.49. The van der Waals surface area contributed by atoms with Gasteiger partial charge in [-0.2, -0.15) is 0 Å². The van der Waals surface area contributed by atoms with Crippen LogP contribution >= 0.6 is 0 Å². The molecule has 0 aromatic heterocycles. The molecule has 0 saturated carbocycles. The van der Waals surface area contributed by atoms with Gasteiger partial charge in [0, 0.05) is 32.4 Å². The van der Waals surface area contributed by atoms with Crippen LogP contribution in [0.2, 0.25) is 0 Å². The van der Waals surface area contributed by atoms with Gasteiger partial charge in [-0.1, -0.05) is 48.5 Å². The van der Waals surface area contributed by atoms with Crippen molar-refractivity contribution in [3.05, 3.63) is 65.7 Å². The quantitative estimate of drug-likeness (QED) is 0.814. The van der Waals surface area contributed by atoms with Crippen LogP contribution in [0.5, 0.6) is 5.75 Å². The molecule has 2 atom stereocenters. The second-order valence-corrected chi connectivity index (χ2v) is 8.49. The molecule has 30 heavy (non-hydrogen) atoms. The second-order valence-electron chi connectivity index (χ2n) is 8.49. The number of aliphatic hydroxyl groups is 1. The van der Waals surface area contributed by atoms with Crippen molar-refractivity contribution in [2.45, 2.75) is 56.3 Å². The molecule has 0 unspecified atom stereocenters. The summed E-state index contributed by atoms with van der Waals surface area (Å²) < 4.78 is 11.9. The maximum Gasteiger partial charge on any atom is 0.222 e. The number of piperidine rings is 1. The third-order valence-corrected chi connectivity index (χ3v) is 6.49. The Morgan fingerprint density at radius 1 is 1.13 bits per heavy atom. The van der Waals surface area contributed by atoms with E-state index in [9.17, 15) is 9.90 Å². The molecule has 1 spiro atoms. The molecule has 2 fully saturated rings. The number of hydrogen-bond donors (Lipinski definition) is 1. The zero-order valence-electron chi connectivity index (χ0n) is 17.6. The average molecular weight is 410 g/mol. The minimum Gasteiger partial charge on any atom is -0.496 e. The lowest BCUT2D eigenvalue weighted by atomic mass is 9.81. The maximum absolute atomic E-state index is 12.8. The molecule has 5 nitrogen and oxygen atoms in total. The minimum absolute atomic E-state index is 0.0808. The summed E-state index contributed by atoms with van der Waals surface area (Å²) in [6.45, 7) is 1.36. The van der Waals surface area contributed by atoms with Gasteiger partial charge in [0.25, 0.3) is 0 Å². The van der Waals surface area contributed by atoms with Gasteiger partial charge in [-0.05, 0) is 36.5 Å². The van der Waals surface area contributed by atoms with E-state index in [1.165, 1.54) is 0 Å². The van der Waals surface area contributed by atoms with Crippen LogP contribution in [0.3, 0.4) is 0 Å². The summed E-state index contributed by atoms with van der Waals surface area (Å²) >= 11 is 0. The SMILES string of the molecule is COc1ccccc1CCC(=O)N1CCC2(CC1)C[C@H](O)C[C@H](c1ccccc1)O2. The van der Waals surface area contributed by atoms with E-state index in [0.29, 0.717) is 38.8 Å². The van der Waals surface area contributed by atoms with Crippen LogP contribution in [-0.2, 0) is 16.0 Å². The van der Waals surface area contributed by atoms with Crippen molar-refractivity contribution in [1.29, 1.82) is 0 Å². The Morgan fingerprint density at radius 2 is 1.83 bits per heavy atom. The van der Waals surface area contributed by atoms with Crippen LogP contribution in [0.1, 0.15) is 49.3 Å². The lowest BCUT2D eigenvalue weighted by Gasteiger charge is -2.48. The van der Waals surface area contributed by atoms with Crippen LogP contribution in [0.25, 0.3) is 0 Å². The fourth-order valence-electron chi connectivity index (χ4n) is 4.82. The zero-order valence-corrected chi connectivity index (χ0v) is 17.6. The van der Waals surface area contributed by atoms with Crippen molar-refractivity contribution in [3.63, 3.8) is 0 Å². The molecule has 2 aromatic rings. The highest BCUT2D eigenvalue weighted by molar-refractivity contribution is 5.76. The number of ether oxygens (including phenoxy) is 2. The predicted molar refractivity (Wildman–Crippen MR) is 115 cm³/mol. The zero-order chi connectivity index (χ0) is 21.0. The third kappa shape index (κ3) is 4.68. The number of rotatable bonds is 5. The highest BCUT2D eigenvalue weighted by Crippen LogP contribution is 2.43. The van der Waals surface area contributed by atoms with E-state index in [1.807, 2.05) is 47.4 Å². The van der Waals surface area contributed by atoms with Crippen molar-refractivity contribution in [2.75, 3.05) is 20.2 Å². The van der Waals surface area contributed by atoms with E-state index in [0.717, 1.165) is 29.7 Å². The number of carbonyl (C=O) groups excluding carboxylic acids is 1. The summed E-state index contributed by atoms with van der Waals surface area (Å²) in [5.41, 5.74) is 1.84. The number of para-hydroxylation sites is 1. The number of hydrogen-bond acceptors (Lipinski definition) is 4. The van der Waals surface area contributed by atoms with Gasteiger partial charge in [-0.15, -0.1) is 0 Å². The van der Waals surface area contributed by atoms with Crippen LogP contribution in [0.4, 0.5) is 0 Å².